The molecule has 0 spiro atoms. The van der Waals surface area contributed by atoms with E-state index in [-0.39, 0.29) is 11.8 Å². The van der Waals surface area contributed by atoms with Crippen molar-refractivity contribution in [2.45, 2.75) is 0 Å². The Labute approximate surface area is 511 Å². The first-order valence-electron chi connectivity index (χ1n) is 30.7. The molecule has 2 amide bonds. The van der Waals surface area contributed by atoms with Crippen LogP contribution in [0.15, 0.2) is 285 Å². The van der Waals surface area contributed by atoms with Gasteiger partial charge in [0.2, 0.25) is 0 Å². The standard InChI is InChI=1S/C86H47NO2/c88-85-83-71(52-30-16-5-17-31-52)81-65-46-42-61-57-38-36-55-59-40-44-63-77-64(80-70(51-28-14-4-15-29-51)68(49-24-10-2-11-25-49)67(48-22-8-1-9-23-48)69(79(63)80)50-26-12-3-13-27-50)45-41-60(75(59)77)56-37-39-58(74(57)73(55)56)62-43-47-66(78(65)76(61)62)82(81)72(53-32-18-6-19-33-53)84(83)86(89)87(85)54-34-20-7-21-35-54/h1-47H. The Kier molecular flexibility index (Phi) is 9.75. The van der Waals surface area contributed by atoms with Crippen LogP contribution >= 0.6 is 0 Å². The number of hydrogen-bond donors (Lipinski definition) is 0. The number of benzene rings is 17. The molecule has 20 rings (SSSR count). The normalized spacial score (nSPS) is 13.0. The van der Waals surface area contributed by atoms with Crippen LogP contribution in [0.4, 0.5) is 5.69 Å². The van der Waals surface area contributed by atoms with Crippen LogP contribution in [0.5, 0.6) is 0 Å². The second kappa shape index (κ2) is 17.9. The van der Waals surface area contributed by atoms with E-state index in [9.17, 15) is 0 Å². The fraction of sp³-hybridized carbons (Fsp3) is 0. The van der Waals surface area contributed by atoms with Gasteiger partial charge in [-0.2, -0.15) is 0 Å². The highest BCUT2D eigenvalue weighted by atomic mass is 16.2. The molecule has 0 aromatic heterocycles. The number of amides is 2. The van der Waals surface area contributed by atoms with Gasteiger partial charge in [-0.1, -0.05) is 273 Å². The molecule has 0 fully saturated rings. The zero-order valence-electron chi connectivity index (χ0n) is 47.9. The minimum Gasteiger partial charge on any atom is -0.268 e. The number of hydrogen-bond acceptors (Lipinski definition) is 2. The molecule has 89 heavy (non-hydrogen) atoms. The molecule has 0 bridgehead atoms. The largest absolute Gasteiger partial charge is 0.268 e. The van der Waals surface area contributed by atoms with Crippen molar-refractivity contribution in [3.63, 3.8) is 0 Å². The van der Waals surface area contributed by atoms with E-state index in [1.807, 2.05) is 66.7 Å². The minimum atomic E-state index is -0.312. The van der Waals surface area contributed by atoms with Crippen LogP contribution in [0, 0.1) is 0 Å². The Morgan fingerprint density at radius 1 is 0.169 bits per heavy atom. The molecular weight excluding hydrogens is 1080 g/mol. The van der Waals surface area contributed by atoms with E-state index >= 15 is 9.59 Å². The third kappa shape index (κ3) is 6.30. The number of anilines is 1. The van der Waals surface area contributed by atoms with Crippen LogP contribution in [0.3, 0.4) is 0 Å². The topological polar surface area (TPSA) is 37.4 Å². The van der Waals surface area contributed by atoms with Gasteiger partial charge in [0.15, 0.2) is 0 Å². The SMILES string of the molecule is O=C1c2c(c(-c3ccccc3)c3c(c2-c2ccccc2)-c2ccc4c5ccc6c7ccc8c9c(ccc(c%10ccc(c%11ccc-3c2c4%11)c5c6%10)c97)-c2c(-c3ccccc3)c(-c3ccccc3)c(-c3ccccc3)c(-c3ccccc3)c2-8)C(=O)N1c1ccccc1. The lowest BCUT2D eigenvalue weighted by atomic mass is 9.76. The van der Waals surface area contributed by atoms with Gasteiger partial charge in [-0.05, 0) is 188 Å². The van der Waals surface area contributed by atoms with Gasteiger partial charge < -0.3 is 0 Å². The molecule has 17 aromatic carbocycles. The van der Waals surface area contributed by atoms with Crippen LogP contribution in [-0.4, -0.2) is 11.8 Å². The third-order valence-corrected chi connectivity index (χ3v) is 19.9. The number of rotatable bonds is 7. The van der Waals surface area contributed by atoms with Gasteiger partial charge in [0.25, 0.3) is 11.8 Å². The summed E-state index contributed by atoms with van der Waals surface area (Å²) in [5.74, 6) is -0.623. The maximum atomic E-state index is 15.4. The van der Waals surface area contributed by atoms with E-state index in [1.54, 1.807) is 0 Å². The Morgan fingerprint density at radius 3 is 0.607 bits per heavy atom. The van der Waals surface area contributed by atoms with E-state index in [4.69, 9.17) is 0 Å². The van der Waals surface area contributed by atoms with Crippen molar-refractivity contribution in [3.8, 4) is 111 Å². The molecule has 2 aliphatic carbocycles. The van der Waals surface area contributed by atoms with Gasteiger partial charge >= 0.3 is 0 Å². The molecule has 0 atom stereocenters. The highest BCUT2D eigenvalue weighted by Gasteiger charge is 2.46. The zero-order chi connectivity index (χ0) is 58.3. The summed E-state index contributed by atoms with van der Waals surface area (Å²) in [4.78, 5) is 32.1. The van der Waals surface area contributed by atoms with Crippen molar-refractivity contribution in [2.75, 3.05) is 4.90 Å². The van der Waals surface area contributed by atoms with Crippen molar-refractivity contribution >= 4 is 92.9 Å². The molecule has 1 aliphatic heterocycles. The third-order valence-electron chi connectivity index (χ3n) is 19.9. The average Bonchev–Trinajstić information content (AvgIpc) is 1.59. The zero-order valence-corrected chi connectivity index (χ0v) is 47.9. The second-order valence-electron chi connectivity index (χ2n) is 24.2. The highest BCUT2D eigenvalue weighted by molar-refractivity contribution is 6.47. The van der Waals surface area contributed by atoms with E-state index in [0.29, 0.717) is 16.8 Å². The monoisotopic (exact) mass is 1130 g/mol. The van der Waals surface area contributed by atoms with Crippen molar-refractivity contribution in [3.05, 3.63) is 296 Å². The van der Waals surface area contributed by atoms with Crippen molar-refractivity contribution < 1.29 is 9.59 Å². The lowest BCUT2D eigenvalue weighted by Crippen LogP contribution is -2.29. The molecule has 1 heterocycles. The van der Waals surface area contributed by atoms with Crippen LogP contribution in [0.1, 0.15) is 20.7 Å². The number of carbonyl (C=O) groups is 2. The summed E-state index contributed by atoms with van der Waals surface area (Å²) in [5.41, 5.74) is 23.7. The van der Waals surface area contributed by atoms with E-state index < -0.39 is 0 Å². The van der Waals surface area contributed by atoms with Gasteiger partial charge in [-0.3, -0.25) is 9.59 Å². The fourth-order valence-corrected chi connectivity index (χ4v) is 16.6. The van der Waals surface area contributed by atoms with Crippen LogP contribution in [-0.2, 0) is 0 Å². The van der Waals surface area contributed by atoms with Crippen LogP contribution in [0.25, 0.3) is 187 Å². The van der Waals surface area contributed by atoms with Crippen LogP contribution in [0.2, 0.25) is 0 Å². The van der Waals surface area contributed by atoms with Gasteiger partial charge in [0, 0.05) is 11.1 Å². The molecule has 0 unspecified atom stereocenters. The molecule has 17 aromatic rings. The molecule has 0 saturated carbocycles. The molecule has 3 heteroatoms. The van der Waals surface area contributed by atoms with E-state index in [1.165, 1.54) is 142 Å². The van der Waals surface area contributed by atoms with Crippen molar-refractivity contribution in [2.24, 2.45) is 0 Å². The Balaban J connectivity index is 0.866. The first-order chi connectivity index (χ1) is 44.1. The van der Waals surface area contributed by atoms with Gasteiger partial charge in [-0.15, -0.1) is 0 Å². The molecule has 0 saturated heterocycles. The fourth-order valence-electron chi connectivity index (χ4n) is 16.6. The lowest BCUT2D eigenvalue weighted by molar-refractivity contribution is 0.0926. The number of imide groups is 1. The highest BCUT2D eigenvalue weighted by Crippen LogP contribution is 2.64. The number of carbonyl (C=O) groups excluding carboxylic acids is 2. The quantitative estimate of drug-likeness (QED) is 0.0906. The Hall–Kier alpha value is -11.8. The number of nitrogens with zero attached hydrogens (tertiary/aromatic N) is 1. The summed E-state index contributed by atoms with van der Waals surface area (Å²) < 4.78 is 0. The first-order valence-corrected chi connectivity index (χ1v) is 30.7. The molecular formula is C86H47NO2. The van der Waals surface area contributed by atoms with Gasteiger partial charge in [-0.25, -0.2) is 4.90 Å². The smallest absolute Gasteiger partial charge is 0.266 e. The summed E-state index contributed by atoms with van der Waals surface area (Å²) >= 11 is 0. The molecule has 0 radical (unpaired) electrons. The van der Waals surface area contributed by atoms with Crippen molar-refractivity contribution in [1.82, 2.24) is 0 Å². The van der Waals surface area contributed by atoms with Gasteiger partial charge in [0.1, 0.15) is 0 Å². The maximum absolute atomic E-state index is 15.4. The molecule has 408 valence electrons. The summed E-state index contributed by atoms with van der Waals surface area (Å²) in [6.45, 7) is 0. The summed E-state index contributed by atoms with van der Waals surface area (Å²) in [7, 11) is 0. The van der Waals surface area contributed by atoms with Crippen LogP contribution < -0.4 is 4.90 Å². The minimum absolute atomic E-state index is 0.312. The predicted molar refractivity (Wildman–Crippen MR) is 370 cm³/mol. The molecule has 0 N–H and O–H groups in total. The predicted octanol–water partition coefficient (Wildman–Crippen LogP) is 22.7. The Morgan fingerprint density at radius 2 is 0.360 bits per heavy atom. The summed E-state index contributed by atoms with van der Waals surface area (Å²) in [5, 5.41) is 17.2. The molecule has 3 nitrogen and oxygen atoms in total. The summed E-state index contributed by atoms with van der Waals surface area (Å²) in [6.07, 6.45) is 0. The first kappa shape index (κ1) is 48.5. The lowest BCUT2D eigenvalue weighted by Gasteiger charge is -2.26. The summed E-state index contributed by atoms with van der Waals surface area (Å²) in [6, 6.07) is 103. The van der Waals surface area contributed by atoms with Gasteiger partial charge in [0.05, 0.1) is 16.8 Å². The second-order valence-corrected chi connectivity index (χ2v) is 24.2. The number of fused-ring (bicyclic) bond motifs is 11. The molecule has 3 aliphatic rings. The van der Waals surface area contributed by atoms with Crippen molar-refractivity contribution in [1.29, 1.82) is 0 Å². The maximum Gasteiger partial charge on any atom is 0.266 e. The number of para-hydroxylation sites is 1. The van der Waals surface area contributed by atoms with E-state index in [0.717, 1.165) is 49.9 Å². The Bertz CT molecular complexity index is 5610. The van der Waals surface area contributed by atoms with E-state index in [2.05, 4.69) is 218 Å². The average molecular weight is 1130 g/mol.